The maximum Gasteiger partial charge on any atom is 0.106 e. The van der Waals surface area contributed by atoms with Gasteiger partial charge in [-0.3, -0.25) is 0 Å². The molecule has 3 unspecified atom stereocenters. The fourth-order valence-corrected chi connectivity index (χ4v) is 9.10. The average Bonchev–Trinajstić information content (AvgIpc) is 3.11. The van der Waals surface area contributed by atoms with Crippen LogP contribution in [-0.4, -0.2) is 36.1 Å². The minimum atomic E-state index is -0.833. The third-order valence-electron chi connectivity index (χ3n) is 10.9. The van der Waals surface area contributed by atoms with E-state index >= 15 is 0 Å². The van der Waals surface area contributed by atoms with Gasteiger partial charge in [-0.2, -0.15) is 0 Å². The Kier molecular flexibility index (Phi) is 4.55. The summed E-state index contributed by atoms with van der Waals surface area (Å²) in [6.07, 6.45) is 14.1. The van der Waals surface area contributed by atoms with Crippen molar-refractivity contribution < 1.29 is 19.0 Å². The molecule has 5 nitrogen and oxygen atoms in total. The topological polar surface area (TPSA) is 81.2 Å². The zero-order valence-electron chi connectivity index (χ0n) is 19.1. The Morgan fingerprint density at radius 2 is 2.03 bits per heavy atom. The van der Waals surface area contributed by atoms with Crippen LogP contribution in [0.5, 0.6) is 0 Å². The lowest BCUT2D eigenvalue weighted by atomic mass is 9.43. The number of furan rings is 1. The SMILES string of the molecule is C[C@]12CCC3C(CC[C@@H]4C[C@@H](OCCCN)CC[C@]34C)C13O[C@@H]3C[C@]2(O)c1ccoc1. The van der Waals surface area contributed by atoms with Gasteiger partial charge in [-0.1, -0.05) is 13.8 Å². The molecular weight excluding hydrogens is 390 g/mol. The van der Waals surface area contributed by atoms with Gasteiger partial charge in [-0.25, -0.2) is 0 Å². The number of hydrogen-bond donors (Lipinski definition) is 2. The first-order valence-electron chi connectivity index (χ1n) is 12.6. The number of fused-ring (bicyclic) bond motifs is 3. The van der Waals surface area contributed by atoms with Gasteiger partial charge < -0.3 is 24.7 Å². The fourth-order valence-electron chi connectivity index (χ4n) is 9.10. The Balaban J connectivity index is 1.25. The highest BCUT2D eigenvalue weighted by Gasteiger charge is 2.84. The minimum Gasteiger partial charge on any atom is -0.472 e. The van der Waals surface area contributed by atoms with Crippen LogP contribution >= 0.6 is 0 Å². The average molecular weight is 430 g/mol. The smallest absolute Gasteiger partial charge is 0.106 e. The van der Waals surface area contributed by atoms with E-state index in [1.165, 1.54) is 38.5 Å². The molecule has 3 N–H and O–H groups in total. The second kappa shape index (κ2) is 6.82. The van der Waals surface area contributed by atoms with Crippen molar-refractivity contribution in [3.8, 4) is 0 Å². The predicted molar refractivity (Wildman–Crippen MR) is 117 cm³/mol. The van der Waals surface area contributed by atoms with Gasteiger partial charge >= 0.3 is 0 Å². The van der Waals surface area contributed by atoms with E-state index in [1.807, 2.05) is 6.07 Å². The number of epoxide rings is 1. The van der Waals surface area contributed by atoms with Gasteiger partial charge in [0.05, 0.1) is 24.7 Å². The van der Waals surface area contributed by atoms with Gasteiger partial charge in [0.15, 0.2) is 0 Å². The van der Waals surface area contributed by atoms with Crippen molar-refractivity contribution in [2.45, 2.75) is 95.0 Å². The molecule has 2 heterocycles. The molecule has 0 bridgehead atoms. The molecule has 5 fully saturated rings. The summed E-state index contributed by atoms with van der Waals surface area (Å²) < 4.78 is 18.2. The lowest BCUT2D eigenvalue weighted by molar-refractivity contribution is -0.195. The number of ether oxygens (including phenoxy) is 2. The zero-order chi connectivity index (χ0) is 21.5. The molecule has 4 aliphatic carbocycles. The highest BCUT2D eigenvalue weighted by molar-refractivity contribution is 5.37. The van der Waals surface area contributed by atoms with Gasteiger partial charge in [-0.15, -0.1) is 0 Å². The normalized spacial score (nSPS) is 52.7. The van der Waals surface area contributed by atoms with E-state index in [9.17, 15) is 5.11 Å². The third kappa shape index (κ3) is 2.52. The summed E-state index contributed by atoms with van der Waals surface area (Å²) in [6, 6.07) is 1.96. The highest BCUT2D eigenvalue weighted by atomic mass is 16.6. The number of aliphatic hydroxyl groups is 1. The van der Waals surface area contributed by atoms with E-state index in [0.717, 1.165) is 30.9 Å². The molecule has 0 radical (unpaired) electrons. The molecule has 0 amide bonds. The maximum absolute atomic E-state index is 12.0. The Morgan fingerprint density at radius 1 is 1.16 bits per heavy atom. The van der Waals surface area contributed by atoms with Crippen molar-refractivity contribution in [3.05, 3.63) is 24.2 Å². The molecule has 0 aromatic carbocycles. The second-order valence-corrected chi connectivity index (χ2v) is 11.7. The third-order valence-corrected chi connectivity index (χ3v) is 10.9. The molecule has 4 saturated carbocycles. The summed E-state index contributed by atoms with van der Waals surface area (Å²) in [7, 11) is 0. The molecule has 5 heteroatoms. The molecule has 1 aromatic heterocycles. The monoisotopic (exact) mass is 429 g/mol. The van der Waals surface area contributed by atoms with Crippen molar-refractivity contribution in [1.82, 2.24) is 0 Å². The molecule has 31 heavy (non-hydrogen) atoms. The van der Waals surface area contributed by atoms with Crippen molar-refractivity contribution in [3.63, 3.8) is 0 Å². The first-order chi connectivity index (χ1) is 14.9. The first kappa shape index (κ1) is 20.7. The predicted octanol–water partition coefficient (Wildman–Crippen LogP) is 4.38. The standard InChI is InChI=1S/C26H39NO4/c1-23-9-6-19(30-12-3-11-27)14-17(23)4-5-21-20(23)7-10-24(2)25(28,18-8-13-29-16-18)15-22-26(21,24)31-22/h8,13,16-17,19-22,28H,3-7,9-12,14-15,27H2,1-2H3/t17-,19+,20?,21?,22-,23+,24-,25+,26?/m1/s1. The minimum absolute atomic E-state index is 0.148. The molecule has 1 aromatic rings. The van der Waals surface area contributed by atoms with Crippen molar-refractivity contribution >= 4 is 0 Å². The second-order valence-electron chi connectivity index (χ2n) is 11.7. The summed E-state index contributed by atoms with van der Waals surface area (Å²) in [5, 5.41) is 12.0. The van der Waals surface area contributed by atoms with Crippen molar-refractivity contribution in [2.75, 3.05) is 13.2 Å². The quantitative estimate of drug-likeness (QED) is 0.536. The number of rotatable bonds is 5. The highest BCUT2D eigenvalue weighted by Crippen LogP contribution is 2.79. The van der Waals surface area contributed by atoms with Crippen LogP contribution in [0.1, 0.15) is 77.2 Å². The van der Waals surface area contributed by atoms with Gasteiger partial charge in [0.2, 0.25) is 0 Å². The Labute approximate surface area is 186 Å². The van der Waals surface area contributed by atoms with E-state index in [0.29, 0.717) is 36.3 Å². The lowest BCUT2D eigenvalue weighted by Gasteiger charge is -2.62. The van der Waals surface area contributed by atoms with Gasteiger partial charge in [0, 0.05) is 24.0 Å². The van der Waals surface area contributed by atoms with E-state index in [-0.39, 0.29) is 17.1 Å². The summed E-state index contributed by atoms with van der Waals surface area (Å²) >= 11 is 0. The molecule has 1 saturated heterocycles. The lowest BCUT2D eigenvalue weighted by Crippen LogP contribution is -2.61. The van der Waals surface area contributed by atoms with Crippen LogP contribution < -0.4 is 5.73 Å². The van der Waals surface area contributed by atoms with Crippen LogP contribution in [0.4, 0.5) is 0 Å². The van der Waals surface area contributed by atoms with E-state index < -0.39 is 5.60 Å². The largest absolute Gasteiger partial charge is 0.472 e. The molecule has 5 aliphatic rings. The summed E-state index contributed by atoms with van der Waals surface area (Å²) in [5.74, 6) is 2.01. The number of hydrogen-bond acceptors (Lipinski definition) is 5. The van der Waals surface area contributed by atoms with Crippen LogP contribution in [0.25, 0.3) is 0 Å². The summed E-state index contributed by atoms with van der Waals surface area (Å²) in [5.41, 5.74) is 5.75. The first-order valence-corrected chi connectivity index (χ1v) is 12.6. The van der Waals surface area contributed by atoms with Crippen LogP contribution in [0, 0.1) is 28.6 Å². The molecule has 172 valence electrons. The molecular formula is C26H39NO4. The molecule has 1 aliphatic heterocycles. The van der Waals surface area contributed by atoms with E-state index in [4.69, 9.17) is 19.6 Å². The van der Waals surface area contributed by atoms with Crippen LogP contribution in [0.15, 0.2) is 23.0 Å². The van der Waals surface area contributed by atoms with Gasteiger partial charge in [0.25, 0.3) is 0 Å². The Hall–Kier alpha value is -0.880. The summed E-state index contributed by atoms with van der Waals surface area (Å²) in [4.78, 5) is 0. The zero-order valence-corrected chi connectivity index (χ0v) is 19.1. The van der Waals surface area contributed by atoms with Crippen LogP contribution in [0.2, 0.25) is 0 Å². The fraction of sp³-hybridized carbons (Fsp3) is 0.846. The van der Waals surface area contributed by atoms with Crippen molar-refractivity contribution in [2.24, 2.45) is 34.3 Å². The van der Waals surface area contributed by atoms with E-state index in [2.05, 4.69) is 13.8 Å². The summed E-state index contributed by atoms with van der Waals surface area (Å²) in [6.45, 7) is 6.39. The Bertz CT molecular complexity index is 827. The van der Waals surface area contributed by atoms with Crippen molar-refractivity contribution in [1.29, 1.82) is 0 Å². The Morgan fingerprint density at radius 3 is 2.81 bits per heavy atom. The van der Waals surface area contributed by atoms with E-state index in [1.54, 1.807) is 12.5 Å². The molecule has 9 atom stereocenters. The maximum atomic E-state index is 12.0. The van der Waals surface area contributed by atoms with Crippen LogP contribution in [0.3, 0.4) is 0 Å². The molecule has 6 rings (SSSR count). The number of nitrogens with two attached hydrogens (primary N) is 1. The van der Waals surface area contributed by atoms with Crippen LogP contribution in [-0.2, 0) is 15.1 Å². The van der Waals surface area contributed by atoms with Gasteiger partial charge in [0.1, 0.15) is 11.2 Å². The molecule has 1 spiro atoms. The van der Waals surface area contributed by atoms with Gasteiger partial charge in [-0.05, 0) is 87.1 Å².